The van der Waals surface area contributed by atoms with E-state index < -0.39 is 0 Å². The minimum absolute atomic E-state index is 0.131. The number of ether oxygens (including phenoxy) is 1. The van der Waals surface area contributed by atoms with E-state index >= 15 is 0 Å². The van der Waals surface area contributed by atoms with Gasteiger partial charge in [0, 0.05) is 25.4 Å². The topological polar surface area (TPSA) is 99.8 Å². The third-order valence-electron chi connectivity index (χ3n) is 3.72. The lowest BCUT2D eigenvalue weighted by atomic mass is 10.1. The second-order valence-electron chi connectivity index (χ2n) is 5.46. The third-order valence-corrected chi connectivity index (χ3v) is 3.72. The van der Waals surface area contributed by atoms with Crippen LogP contribution >= 0.6 is 0 Å². The monoisotopic (exact) mass is 341 g/mol. The number of nitrogens with one attached hydrogen (secondary N) is 1. The fourth-order valence-electron chi connectivity index (χ4n) is 2.36. The van der Waals surface area contributed by atoms with E-state index in [0.717, 1.165) is 11.3 Å². The molecular formula is C16H19N7O2. The number of tetrazole rings is 1. The van der Waals surface area contributed by atoms with Crippen LogP contribution in [0.25, 0.3) is 0 Å². The van der Waals surface area contributed by atoms with Crippen LogP contribution in [0, 0.1) is 0 Å². The molecule has 0 saturated heterocycles. The molecular weight excluding hydrogens is 322 g/mol. The third kappa shape index (κ3) is 4.48. The fourth-order valence-corrected chi connectivity index (χ4v) is 2.36. The molecule has 0 radical (unpaired) electrons. The van der Waals surface area contributed by atoms with Gasteiger partial charge in [-0.3, -0.25) is 4.79 Å². The molecule has 0 atom stereocenters. The summed E-state index contributed by atoms with van der Waals surface area (Å²) in [5.41, 5.74) is 2.55. The summed E-state index contributed by atoms with van der Waals surface area (Å²) < 4.78 is 8.64. The number of amides is 1. The normalized spacial score (nSPS) is 10.8. The molecule has 0 bridgehead atoms. The summed E-state index contributed by atoms with van der Waals surface area (Å²) >= 11 is 0. The first-order valence-electron chi connectivity index (χ1n) is 7.82. The van der Waals surface area contributed by atoms with E-state index in [9.17, 15) is 4.79 Å². The van der Waals surface area contributed by atoms with Gasteiger partial charge in [0.25, 0.3) is 5.91 Å². The van der Waals surface area contributed by atoms with Crippen molar-refractivity contribution in [3.63, 3.8) is 0 Å². The van der Waals surface area contributed by atoms with E-state index in [4.69, 9.17) is 4.74 Å². The highest BCUT2D eigenvalue weighted by atomic mass is 16.5. The first kappa shape index (κ1) is 16.8. The Morgan fingerprint density at radius 3 is 2.80 bits per heavy atom. The lowest BCUT2D eigenvalue weighted by molar-refractivity contribution is 0.0950. The van der Waals surface area contributed by atoms with Crippen LogP contribution in [0.15, 0.2) is 43.1 Å². The van der Waals surface area contributed by atoms with Gasteiger partial charge in [-0.15, -0.1) is 5.10 Å². The summed E-state index contributed by atoms with van der Waals surface area (Å²) in [6.07, 6.45) is 5.02. The summed E-state index contributed by atoms with van der Waals surface area (Å²) in [6.45, 7) is 2.27. The molecule has 0 unspecified atom stereocenters. The lowest BCUT2D eigenvalue weighted by Gasteiger charge is -2.09. The second kappa shape index (κ2) is 8.15. The largest absolute Gasteiger partial charge is 0.383 e. The summed E-state index contributed by atoms with van der Waals surface area (Å²) in [5, 5.41) is 13.9. The number of imidazole rings is 1. The van der Waals surface area contributed by atoms with Gasteiger partial charge in [0.15, 0.2) is 0 Å². The van der Waals surface area contributed by atoms with Crippen LogP contribution in [0.5, 0.6) is 0 Å². The maximum Gasteiger partial charge on any atom is 0.251 e. The molecule has 0 aliphatic heterocycles. The minimum Gasteiger partial charge on any atom is -0.383 e. The summed E-state index contributed by atoms with van der Waals surface area (Å²) in [6, 6.07) is 7.35. The Morgan fingerprint density at radius 1 is 1.24 bits per heavy atom. The molecule has 1 N–H and O–H groups in total. The van der Waals surface area contributed by atoms with Crippen LogP contribution < -0.4 is 5.32 Å². The van der Waals surface area contributed by atoms with Gasteiger partial charge in [0.2, 0.25) is 0 Å². The molecule has 1 amide bonds. The molecule has 0 aliphatic carbocycles. The van der Waals surface area contributed by atoms with E-state index in [-0.39, 0.29) is 5.91 Å². The Morgan fingerprint density at radius 2 is 2.08 bits per heavy atom. The molecule has 3 aromatic rings. The summed E-state index contributed by atoms with van der Waals surface area (Å²) in [7, 11) is 1.65. The van der Waals surface area contributed by atoms with Crippen molar-refractivity contribution in [2.24, 2.45) is 0 Å². The van der Waals surface area contributed by atoms with Crippen molar-refractivity contribution in [1.29, 1.82) is 0 Å². The predicted octanol–water partition coefficient (Wildman–Crippen LogP) is 0.494. The van der Waals surface area contributed by atoms with E-state index in [1.54, 1.807) is 42.8 Å². The highest BCUT2D eigenvalue weighted by Gasteiger charge is 2.08. The number of benzene rings is 1. The van der Waals surface area contributed by atoms with Crippen LogP contribution in [0.2, 0.25) is 0 Å². The van der Waals surface area contributed by atoms with Gasteiger partial charge in [-0.1, -0.05) is 12.1 Å². The molecule has 1 aromatic carbocycles. The number of hydrogen-bond acceptors (Lipinski definition) is 6. The molecule has 2 heterocycles. The Kier molecular flexibility index (Phi) is 5.47. The molecule has 130 valence electrons. The van der Waals surface area contributed by atoms with Crippen molar-refractivity contribution in [2.75, 3.05) is 13.7 Å². The quantitative estimate of drug-likeness (QED) is 0.640. The van der Waals surface area contributed by atoms with Crippen LogP contribution in [0.3, 0.4) is 0 Å². The minimum atomic E-state index is -0.131. The van der Waals surface area contributed by atoms with Crippen LogP contribution in [-0.2, 0) is 24.4 Å². The smallest absolute Gasteiger partial charge is 0.251 e. The fraction of sp³-hybridized carbons (Fsp3) is 0.312. The first-order valence-corrected chi connectivity index (χ1v) is 7.82. The molecule has 9 nitrogen and oxygen atoms in total. The van der Waals surface area contributed by atoms with Crippen LogP contribution in [0.4, 0.5) is 0 Å². The van der Waals surface area contributed by atoms with E-state index in [2.05, 4.69) is 25.8 Å². The van der Waals surface area contributed by atoms with E-state index in [1.165, 1.54) is 0 Å². The number of nitrogens with zero attached hydrogens (tertiary/aromatic N) is 6. The average molecular weight is 341 g/mol. The van der Waals surface area contributed by atoms with Gasteiger partial charge in [-0.2, -0.15) is 0 Å². The molecule has 0 spiro atoms. The van der Waals surface area contributed by atoms with Crippen molar-refractivity contribution in [3.05, 3.63) is 59.9 Å². The Hall–Kier alpha value is -3.07. The maximum atomic E-state index is 12.3. The number of carbonyl (C=O) groups excluding carboxylic acids is 1. The summed E-state index contributed by atoms with van der Waals surface area (Å²) in [4.78, 5) is 16.4. The highest BCUT2D eigenvalue weighted by Crippen LogP contribution is 2.07. The number of aromatic nitrogens is 6. The SMILES string of the molecule is COCCn1cncc1CNC(=O)c1ccc(Cn2cnnn2)cc1. The van der Waals surface area contributed by atoms with Gasteiger partial charge < -0.3 is 14.6 Å². The Balaban J connectivity index is 1.55. The Labute approximate surface area is 144 Å². The molecule has 9 heteroatoms. The highest BCUT2D eigenvalue weighted by molar-refractivity contribution is 5.94. The number of hydrogen-bond donors (Lipinski definition) is 1. The zero-order chi connectivity index (χ0) is 17.5. The van der Waals surface area contributed by atoms with Crippen molar-refractivity contribution < 1.29 is 9.53 Å². The molecule has 2 aromatic heterocycles. The number of carbonyl (C=O) groups is 1. The standard InChI is InChI=1S/C16H19N7O2/c1-25-7-6-22-11-17-8-15(22)9-18-16(24)14-4-2-13(3-5-14)10-23-12-19-20-21-23/h2-5,8,11-12H,6-7,9-10H2,1H3,(H,18,24). The zero-order valence-corrected chi connectivity index (χ0v) is 13.9. The maximum absolute atomic E-state index is 12.3. The van der Waals surface area contributed by atoms with Gasteiger partial charge >= 0.3 is 0 Å². The molecule has 0 aliphatic rings. The van der Waals surface area contributed by atoms with Gasteiger partial charge in [-0.05, 0) is 28.1 Å². The predicted molar refractivity (Wildman–Crippen MR) is 88.6 cm³/mol. The summed E-state index contributed by atoms with van der Waals surface area (Å²) in [5.74, 6) is -0.131. The van der Waals surface area contributed by atoms with Crippen molar-refractivity contribution >= 4 is 5.91 Å². The van der Waals surface area contributed by atoms with E-state index in [1.807, 2.05) is 16.7 Å². The molecule has 3 rings (SSSR count). The van der Waals surface area contributed by atoms with Gasteiger partial charge in [0.1, 0.15) is 6.33 Å². The first-order chi connectivity index (χ1) is 12.3. The lowest BCUT2D eigenvalue weighted by Crippen LogP contribution is -2.24. The average Bonchev–Trinajstić information content (AvgIpc) is 3.30. The second-order valence-corrected chi connectivity index (χ2v) is 5.46. The van der Waals surface area contributed by atoms with Gasteiger partial charge in [0.05, 0.1) is 31.7 Å². The molecule has 0 fully saturated rings. The van der Waals surface area contributed by atoms with Crippen molar-refractivity contribution in [3.8, 4) is 0 Å². The van der Waals surface area contributed by atoms with E-state index in [0.29, 0.717) is 31.8 Å². The van der Waals surface area contributed by atoms with Crippen molar-refractivity contribution in [1.82, 2.24) is 35.1 Å². The van der Waals surface area contributed by atoms with Crippen LogP contribution in [0.1, 0.15) is 21.6 Å². The number of rotatable bonds is 8. The number of methoxy groups -OCH3 is 1. The molecule has 0 saturated carbocycles. The Bertz CT molecular complexity index is 796. The van der Waals surface area contributed by atoms with Crippen molar-refractivity contribution in [2.45, 2.75) is 19.6 Å². The molecule has 25 heavy (non-hydrogen) atoms. The zero-order valence-electron chi connectivity index (χ0n) is 13.9. The van der Waals surface area contributed by atoms with Crippen LogP contribution in [-0.4, -0.2) is 49.4 Å². The van der Waals surface area contributed by atoms with Gasteiger partial charge in [-0.25, -0.2) is 9.67 Å².